The van der Waals surface area contributed by atoms with Crippen molar-refractivity contribution >= 4 is 114 Å². The van der Waals surface area contributed by atoms with Gasteiger partial charge in [-0.05, 0) is 88.9 Å². The van der Waals surface area contributed by atoms with Crippen LogP contribution in [0.5, 0.6) is 0 Å². The number of carbonyl (C=O) groups excluding carboxylic acids is 4. The van der Waals surface area contributed by atoms with Crippen molar-refractivity contribution in [1.29, 1.82) is 0 Å². The normalized spacial score (nSPS) is 20.2. The summed E-state index contributed by atoms with van der Waals surface area (Å²) in [4.78, 5) is 72.0. The highest BCUT2D eigenvalue weighted by Crippen LogP contribution is 2.42. The van der Waals surface area contributed by atoms with Gasteiger partial charge in [0.2, 0.25) is 5.91 Å². The Labute approximate surface area is 441 Å². The Kier molecular flexibility index (Phi) is 23.1. The van der Waals surface area contributed by atoms with E-state index in [1.165, 1.54) is 21.2 Å². The summed E-state index contributed by atoms with van der Waals surface area (Å²) in [5.41, 5.74) is 9.40. The number of rotatable bonds is 9. The summed E-state index contributed by atoms with van der Waals surface area (Å²) >= 11 is 1.43. The number of aryl methyl sites for hydroxylation is 1. The maximum Gasteiger partial charge on any atom is 0.324 e. The summed E-state index contributed by atoms with van der Waals surface area (Å²) in [6, 6.07) is 7.60. The molecule has 0 aliphatic carbocycles. The lowest BCUT2D eigenvalue weighted by Gasteiger charge is -2.37. The van der Waals surface area contributed by atoms with Crippen LogP contribution in [0.3, 0.4) is 0 Å². The first-order chi connectivity index (χ1) is 30.0. The van der Waals surface area contributed by atoms with Gasteiger partial charge >= 0.3 is 12.0 Å². The molecule has 0 radical (unpaired) electrons. The lowest BCUT2D eigenvalue weighted by atomic mass is 9.84. The topological polar surface area (TPSA) is 154 Å². The number of pyridine rings is 1. The number of likely N-dealkylation sites (tertiary alicyclic amines) is 1. The van der Waals surface area contributed by atoms with Gasteiger partial charge in [-0.1, -0.05) is 33.8 Å². The Bertz CT molecular complexity index is 2350. The third-order valence-corrected chi connectivity index (χ3v) is 13.9. The molecule has 0 saturated carbocycles. The largest absolute Gasteiger partial charge is 0.464 e. The number of fused-ring (bicyclic) bond motifs is 6. The predicted molar refractivity (Wildman–Crippen MR) is 297 cm³/mol. The summed E-state index contributed by atoms with van der Waals surface area (Å²) in [7, 11) is 7.16. The zero-order chi connectivity index (χ0) is 45.3. The number of nitrogens with zero attached hydrogens (tertiary/aromatic N) is 7. The lowest BCUT2D eigenvalue weighted by Crippen LogP contribution is -2.62. The molecule has 6 heterocycles. The van der Waals surface area contributed by atoms with E-state index in [4.69, 9.17) is 19.4 Å². The van der Waals surface area contributed by atoms with Crippen molar-refractivity contribution in [3.8, 4) is 22.5 Å². The van der Waals surface area contributed by atoms with Crippen molar-refractivity contribution in [1.82, 2.24) is 45.0 Å². The number of hydrogen-bond acceptors (Lipinski definition) is 11. The summed E-state index contributed by atoms with van der Waals surface area (Å²) in [6.45, 7) is 15.0. The first-order valence-corrected chi connectivity index (χ1v) is 23.2. The van der Waals surface area contributed by atoms with Crippen LogP contribution in [-0.4, -0.2) is 137 Å². The number of cyclic esters (lactones) is 1. The van der Waals surface area contributed by atoms with Gasteiger partial charge < -0.3 is 34.1 Å². The van der Waals surface area contributed by atoms with Crippen LogP contribution in [0.1, 0.15) is 83.2 Å². The highest BCUT2D eigenvalue weighted by atomic mass is 32.1. The molecular weight excluding hydrogens is 979 g/mol. The number of hydrazine groups is 1. The molecule has 2 saturated heterocycles. The van der Waals surface area contributed by atoms with Crippen molar-refractivity contribution in [2.24, 2.45) is 11.3 Å². The molecule has 3 aliphatic heterocycles. The minimum absolute atomic E-state index is 0. The molecule has 2 fully saturated rings. The quantitative estimate of drug-likeness (QED) is 0.178. The molecular formula is C47H75N9O6S6. The molecule has 4 aromatic rings. The number of carbonyl (C=O) groups is 4. The molecule has 7 rings (SSSR count). The minimum Gasteiger partial charge on any atom is -0.464 e. The Hall–Kier alpha value is -3.15. The summed E-state index contributed by atoms with van der Waals surface area (Å²) in [5, 5.41) is 8.22. The van der Waals surface area contributed by atoms with E-state index in [9.17, 15) is 19.2 Å². The van der Waals surface area contributed by atoms with Gasteiger partial charge in [0.15, 0.2) is 0 Å². The molecule has 6 bridgehead atoms. The molecule has 5 atom stereocenters. The van der Waals surface area contributed by atoms with E-state index in [0.29, 0.717) is 37.4 Å². The Morgan fingerprint density at radius 2 is 1.78 bits per heavy atom. The second-order valence-electron chi connectivity index (χ2n) is 18.7. The summed E-state index contributed by atoms with van der Waals surface area (Å²) in [6.07, 6.45) is 4.16. The number of benzene rings is 1. The molecule has 68 heavy (non-hydrogen) atoms. The number of ether oxygens (including phenoxy) is 2. The van der Waals surface area contributed by atoms with Crippen molar-refractivity contribution in [3.05, 3.63) is 58.2 Å². The van der Waals surface area contributed by atoms with Crippen molar-refractivity contribution < 1.29 is 28.7 Å². The minimum atomic E-state index is -1.04. The maximum absolute atomic E-state index is 14.6. The smallest absolute Gasteiger partial charge is 0.324 e. The molecule has 0 unspecified atom stereocenters. The Morgan fingerprint density at radius 1 is 1.06 bits per heavy atom. The van der Waals surface area contributed by atoms with Gasteiger partial charge in [0, 0.05) is 92.3 Å². The summed E-state index contributed by atoms with van der Waals surface area (Å²) < 4.78 is 14.2. The van der Waals surface area contributed by atoms with E-state index in [-0.39, 0.29) is 105 Å². The van der Waals surface area contributed by atoms with Gasteiger partial charge in [0.1, 0.15) is 18.1 Å². The SMILES string of the molecule is CCn1c(-c2cccnc2[C@H](C)OC)c2c3cc(ccc31)-c1csc(n1)C[C@H](NC(=O)[C@H](C(C)C)N(C)C(=O)N(C)[C@H]1CCN(C)C1)C(=O)N1CCC[C@H](N1)C(=O)OCC(C)(C)C2.S.S.S.S.S. The van der Waals surface area contributed by atoms with Gasteiger partial charge in [-0.2, -0.15) is 67.5 Å². The fourth-order valence-electron chi connectivity index (χ4n) is 9.50. The number of nitrogens with one attached hydrogen (secondary N) is 2. The monoisotopic (exact) mass is 1050 g/mol. The first kappa shape index (κ1) is 61.0. The van der Waals surface area contributed by atoms with Gasteiger partial charge in [-0.15, -0.1) is 11.3 Å². The zero-order valence-corrected chi connectivity index (χ0v) is 46.9. The molecule has 4 amide bonds. The molecule has 2 N–H and O–H groups in total. The van der Waals surface area contributed by atoms with E-state index < -0.39 is 41.3 Å². The molecule has 380 valence electrons. The highest BCUT2D eigenvalue weighted by Gasteiger charge is 2.39. The number of urea groups is 1. The van der Waals surface area contributed by atoms with Gasteiger partial charge in [-0.25, -0.2) is 15.2 Å². The van der Waals surface area contributed by atoms with Gasteiger partial charge in [-0.3, -0.25) is 24.4 Å². The second-order valence-corrected chi connectivity index (χ2v) is 19.6. The van der Waals surface area contributed by atoms with Crippen molar-refractivity contribution in [2.75, 3.05) is 54.5 Å². The lowest BCUT2D eigenvalue weighted by molar-refractivity contribution is -0.155. The first-order valence-electron chi connectivity index (χ1n) is 22.3. The van der Waals surface area contributed by atoms with Gasteiger partial charge in [0.25, 0.3) is 5.91 Å². The summed E-state index contributed by atoms with van der Waals surface area (Å²) in [5.74, 6) is -1.52. The van der Waals surface area contributed by atoms with Crippen molar-refractivity contribution in [2.45, 2.75) is 110 Å². The maximum atomic E-state index is 14.6. The number of amides is 4. The number of esters is 1. The third kappa shape index (κ3) is 13.0. The fraction of sp³-hybridized carbons (Fsp3) is 0.574. The molecule has 1 aromatic carbocycles. The average molecular weight is 1050 g/mol. The molecule has 0 spiro atoms. The standard InChI is InChI=1S/C47H65N9O6S.5H2S/c1-11-55-38-17-16-30-22-33(38)34(42(55)32-14-12-19-48-40(32)29(4)61-10)24-47(5,6)27-62-45(59)35-15-13-20-56(51-35)44(58)36(23-39-49-37(30)26-63-39)50-43(57)41(28(2)3)54(9)46(60)53(8)31-18-21-52(7)25-31;;;;;/h12,14,16-17,19,22,26,28-29,31,35-36,41,51H,11,13,15,18,20-21,23-25,27H2,1-10H3,(H,50,57);5*1H2/t29-,31-,35-,36-,41-;;;;;/m0...../s1. The Morgan fingerprint density at radius 3 is 2.43 bits per heavy atom. The molecule has 3 aliphatic rings. The van der Waals surface area contributed by atoms with Crippen LogP contribution in [0, 0.1) is 11.3 Å². The van der Waals surface area contributed by atoms with Crippen LogP contribution >= 0.6 is 78.8 Å². The third-order valence-electron chi connectivity index (χ3n) is 13.0. The second kappa shape index (κ2) is 25.8. The van der Waals surface area contributed by atoms with Crippen LogP contribution < -0.4 is 10.7 Å². The van der Waals surface area contributed by atoms with E-state index in [0.717, 1.165) is 64.2 Å². The predicted octanol–water partition coefficient (Wildman–Crippen LogP) is 6.48. The van der Waals surface area contributed by atoms with E-state index in [2.05, 4.69) is 65.2 Å². The molecule has 21 heteroatoms. The van der Waals surface area contributed by atoms with Gasteiger partial charge in [0.05, 0.1) is 34.8 Å². The van der Waals surface area contributed by atoms with Crippen molar-refractivity contribution in [3.63, 3.8) is 0 Å². The van der Waals surface area contributed by atoms with Crippen LogP contribution in [0.15, 0.2) is 41.9 Å². The molecule has 3 aromatic heterocycles. The number of hydrogen-bond donors (Lipinski definition) is 2. The average Bonchev–Trinajstić information content (AvgIpc) is 4.01. The Balaban J connectivity index is 0.00000317. The molecule has 15 nitrogen and oxygen atoms in total. The number of methoxy groups -OCH3 is 1. The van der Waals surface area contributed by atoms with E-state index in [1.807, 2.05) is 39.3 Å². The highest BCUT2D eigenvalue weighted by molar-refractivity contribution is 7.60. The fourth-order valence-corrected chi connectivity index (χ4v) is 10.3. The van der Waals surface area contributed by atoms with E-state index >= 15 is 0 Å². The zero-order valence-electron chi connectivity index (χ0n) is 41.1. The number of aromatic nitrogens is 3. The number of thiazole rings is 1. The van der Waals surface area contributed by atoms with Crippen LogP contribution in [0.4, 0.5) is 4.79 Å². The van der Waals surface area contributed by atoms with Crippen LogP contribution in [-0.2, 0) is 43.2 Å². The number of likely N-dealkylation sites (N-methyl/N-ethyl adjacent to an activating group) is 3. The van der Waals surface area contributed by atoms with Crippen LogP contribution in [0.25, 0.3) is 33.4 Å². The van der Waals surface area contributed by atoms with E-state index in [1.54, 1.807) is 32.3 Å². The van der Waals surface area contributed by atoms with Crippen LogP contribution in [0.2, 0.25) is 0 Å².